The first-order valence-corrected chi connectivity index (χ1v) is 11.9. The summed E-state index contributed by atoms with van der Waals surface area (Å²) >= 11 is 1.80. The largest absolute Gasteiger partial charge is 1.00 e. The Morgan fingerprint density at radius 3 is 2.12 bits per heavy atom. The van der Waals surface area contributed by atoms with Crippen LogP contribution in [0.15, 0.2) is 24.3 Å². The smallest absolute Gasteiger partial charge is 0.410 e. The van der Waals surface area contributed by atoms with Gasteiger partial charge in [-0.2, -0.15) is 0 Å². The Labute approximate surface area is 217 Å². The van der Waals surface area contributed by atoms with Crippen LogP contribution in [-0.2, 0) is 4.74 Å². The van der Waals surface area contributed by atoms with Crippen LogP contribution >= 0.6 is 11.3 Å². The number of amides is 1. The minimum absolute atomic E-state index is 0. The minimum atomic E-state index is -0.467. The van der Waals surface area contributed by atoms with Crippen LogP contribution in [0.5, 0.6) is 0 Å². The van der Waals surface area contributed by atoms with Gasteiger partial charge in [0.25, 0.3) is 9.40 Å². The molecule has 0 unspecified atom stereocenters. The van der Waals surface area contributed by atoms with E-state index in [4.69, 9.17) is 9.72 Å². The summed E-state index contributed by atoms with van der Waals surface area (Å²) in [4.78, 5) is 23.7. The second kappa shape index (κ2) is 9.74. The molecule has 33 heavy (non-hydrogen) atoms. The zero-order chi connectivity index (χ0) is 23.2. The van der Waals surface area contributed by atoms with Gasteiger partial charge >= 0.3 is 6.09 Å². The highest BCUT2D eigenvalue weighted by Gasteiger charge is 2.27. The number of hydrogen-bond acceptors (Lipinski definition) is 5. The maximum absolute atomic E-state index is 12.4. The Bertz CT molecular complexity index is 1180. The van der Waals surface area contributed by atoms with Crippen LogP contribution in [0.25, 0.3) is 20.4 Å². The molecule has 1 aliphatic heterocycles. The molecule has 6 nitrogen and oxygen atoms in total. The number of carbonyl (C=O) groups excluding carboxylic acids is 1. The van der Waals surface area contributed by atoms with Crippen molar-refractivity contribution in [2.45, 2.75) is 40.2 Å². The topological polar surface area (TPSA) is 48.9 Å². The van der Waals surface area contributed by atoms with Crippen LogP contribution in [-0.4, -0.2) is 61.9 Å². The number of carbonyl (C=O) groups is 1. The summed E-state index contributed by atoms with van der Waals surface area (Å²) in [5, 5.41) is 0. The molecule has 2 heterocycles. The molecule has 3 aromatic rings. The highest BCUT2D eigenvalue weighted by atomic mass is 127. The van der Waals surface area contributed by atoms with Gasteiger partial charge in [0.2, 0.25) is 11.3 Å². The van der Waals surface area contributed by atoms with Gasteiger partial charge in [0.05, 0.1) is 0 Å². The van der Waals surface area contributed by atoms with E-state index in [1.54, 1.807) is 16.2 Å². The third-order valence-electron chi connectivity index (χ3n) is 5.76. The van der Waals surface area contributed by atoms with Gasteiger partial charge in [-0.05, 0) is 57.9 Å². The second-order valence-corrected chi connectivity index (χ2v) is 10.9. The number of anilines is 2. The standard InChI is InChI=1S/C25H33N4O2S.HI/c1-16-12-18(27(6)7)14-20-22(16)26-23-17(2)13-19(15-21(23)32-20)28-8-10-29(11-9-28)24(30)31-25(3,4)5;/h12-15H,8-11H2,1-7H3;1H/q+1;/p-1. The maximum Gasteiger partial charge on any atom is 0.410 e. The van der Waals surface area contributed by atoms with Crippen molar-refractivity contribution in [2.24, 2.45) is 0 Å². The van der Waals surface area contributed by atoms with Crippen LogP contribution in [0, 0.1) is 13.8 Å². The van der Waals surface area contributed by atoms with E-state index in [1.807, 2.05) is 20.8 Å². The summed E-state index contributed by atoms with van der Waals surface area (Å²) in [5.41, 5.74) is 6.45. The van der Waals surface area contributed by atoms with E-state index < -0.39 is 5.60 Å². The van der Waals surface area contributed by atoms with E-state index >= 15 is 0 Å². The first-order chi connectivity index (χ1) is 15.0. The molecule has 2 aromatic carbocycles. The third-order valence-corrected chi connectivity index (χ3v) is 6.82. The third kappa shape index (κ3) is 5.59. The average molecular weight is 581 g/mol. The molecule has 0 bridgehead atoms. The molecule has 1 saturated heterocycles. The summed E-state index contributed by atoms with van der Waals surface area (Å²) in [6.07, 6.45) is -0.225. The van der Waals surface area contributed by atoms with Crippen molar-refractivity contribution in [3.05, 3.63) is 35.4 Å². The minimum Gasteiger partial charge on any atom is -1.00 e. The molecule has 1 fully saturated rings. The van der Waals surface area contributed by atoms with Gasteiger partial charge < -0.3 is 43.4 Å². The predicted molar refractivity (Wildman–Crippen MR) is 135 cm³/mol. The molecular weight excluding hydrogens is 547 g/mol. The predicted octanol–water partition coefficient (Wildman–Crippen LogP) is 2.47. The van der Waals surface area contributed by atoms with Crippen molar-refractivity contribution in [1.82, 2.24) is 9.88 Å². The molecule has 0 radical (unpaired) electrons. The maximum atomic E-state index is 12.4. The lowest BCUT2D eigenvalue weighted by Crippen LogP contribution is -3.00. The van der Waals surface area contributed by atoms with Crippen molar-refractivity contribution in [1.29, 1.82) is 0 Å². The van der Waals surface area contributed by atoms with Gasteiger partial charge in [-0.25, -0.2) is 9.78 Å². The zero-order valence-electron chi connectivity index (χ0n) is 20.5. The molecule has 8 heteroatoms. The fraction of sp³-hybridized carbons (Fsp3) is 0.480. The van der Waals surface area contributed by atoms with Crippen molar-refractivity contribution in [2.75, 3.05) is 50.1 Å². The van der Waals surface area contributed by atoms with Crippen molar-refractivity contribution in [3.8, 4) is 0 Å². The van der Waals surface area contributed by atoms with Gasteiger partial charge in [-0.15, -0.1) is 0 Å². The van der Waals surface area contributed by atoms with Gasteiger partial charge in [0.1, 0.15) is 16.6 Å². The Morgan fingerprint density at radius 1 is 0.970 bits per heavy atom. The fourth-order valence-electron chi connectivity index (χ4n) is 4.04. The first kappa shape index (κ1) is 25.7. The lowest BCUT2D eigenvalue weighted by atomic mass is 10.1. The van der Waals surface area contributed by atoms with E-state index in [2.05, 4.69) is 62.0 Å². The number of hydrogen-bond donors (Lipinski definition) is 0. The molecule has 0 N–H and O–H groups in total. The van der Waals surface area contributed by atoms with Crippen molar-refractivity contribution < 1.29 is 33.5 Å². The highest BCUT2D eigenvalue weighted by Crippen LogP contribution is 2.35. The number of nitrogens with zero attached hydrogens (tertiary/aromatic N) is 4. The van der Waals surface area contributed by atoms with E-state index in [0.29, 0.717) is 13.1 Å². The van der Waals surface area contributed by atoms with Crippen molar-refractivity contribution >= 4 is 49.2 Å². The molecule has 4 rings (SSSR count). The lowest BCUT2D eigenvalue weighted by molar-refractivity contribution is -0.0000500. The number of fused-ring (bicyclic) bond motifs is 2. The number of benzene rings is 2. The van der Waals surface area contributed by atoms with E-state index in [0.717, 1.165) is 24.1 Å². The van der Waals surface area contributed by atoms with Gasteiger partial charge in [0, 0.05) is 63.8 Å². The Balaban J connectivity index is 0.00000306. The molecular formula is C25H33IN4O2S. The fourth-order valence-corrected chi connectivity index (χ4v) is 5.25. The summed E-state index contributed by atoms with van der Waals surface area (Å²) in [5.74, 6) is 0. The van der Waals surface area contributed by atoms with Crippen LogP contribution < -0.4 is 33.8 Å². The molecule has 0 aliphatic carbocycles. The van der Waals surface area contributed by atoms with E-state index in [9.17, 15) is 4.79 Å². The molecule has 1 amide bonds. The summed E-state index contributed by atoms with van der Waals surface area (Å²) in [6.45, 7) is 12.9. The number of ether oxygens (including phenoxy) is 1. The van der Waals surface area contributed by atoms with Gasteiger partial charge in [-0.1, -0.05) is 0 Å². The molecule has 1 aliphatic rings. The monoisotopic (exact) mass is 580 g/mol. The lowest BCUT2D eigenvalue weighted by Gasteiger charge is -2.36. The normalized spacial score (nSPS) is 14.4. The van der Waals surface area contributed by atoms with Gasteiger partial charge in [-0.3, -0.25) is 0 Å². The van der Waals surface area contributed by atoms with E-state index in [1.165, 1.54) is 31.9 Å². The van der Waals surface area contributed by atoms with E-state index in [-0.39, 0.29) is 30.1 Å². The molecule has 0 spiro atoms. The molecule has 0 atom stereocenters. The van der Waals surface area contributed by atoms with Crippen LogP contribution in [0.2, 0.25) is 0 Å². The molecule has 1 aromatic heterocycles. The van der Waals surface area contributed by atoms with Crippen molar-refractivity contribution in [3.63, 3.8) is 0 Å². The summed E-state index contributed by atoms with van der Waals surface area (Å²) in [6, 6.07) is 8.89. The highest BCUT2D eigenvalue weighted by molar-refractivity contribution is 7.24. The molecule has 178 valence electrons. The number of halogens is 1. The van der Waals surface area contributed by atoms with Crippen LogP contribution in [0.1, 0.15) is 31.9 Å². The number of rotatable bonds is 2. The summed E-state index contributed by atoms with van der Waals surface area (Å²) < 4.78 is 7.92. The zero-order valence-corrected chi connectivity index (χ0v) is 23.5. The average Bonchev–Trinajstić information content (AvgIpc) is 2.71. The number of aromatic nitrogens is 1. The van der Waals surface area contributed by atoms with Gasteiger partial charge in [0.15, 0.2) is 0 Å². The summed E-state index contributed by atoms with van der Waals surface area (Å²) in [7, 11) is 4.14. The molecule has 0 saturated carbocycles. The quantitative estimate of drug-likeness (QED) is 0.265. The second-order valence-electron chi connectivity index (χ2n) is 9.78. The SMILES string of the molecule is Cc1cc(N(C)C)cc2[s+]c3cc(N4CCN(C(=O)OC(C)(C)C)CC4)cc(C)c3nc12.[I-]. The van der Waals surface area contributed by atoms with Crippen LogP contribution in [0.4, 0.5) is 16.2 Å². The Morgan fingerprint density at radius 2 is 1.55 bits per heavy atom. The number of aryl methyl sites for hydroxylation is 2. The Kier molecular flexibility index (Phi) is 7.58. The van der Waals surface area contributed by atoms with Crippen LogP contribution in [0.3, 0.4) is 0 Å². The number of piperazine rings is 1. The first-order valence-electron chi connectivity index (χ1n) is 11.1. The Hall–Kier alpha value is -1.94.